The molecule has 5 heteroatoms. The van der Waals surface area contributed by atoms with E-state index in [2.05, 4.69) is 4.98 Å². The van der Waals surface area contributed by atoms with Gasteiger partial charge in [-0.15, -0.1) is 0 Å². The van der Waals surface area contributed by atoms with Crippen LogP contribution in [0.3, 0.4) is 0 Å². The van der Waals surface area contributed by atoms with Crippen LogP contribution in [-0.2, 0) is 11.3 Å². The summed E-state index contributed by atoms with van der Waals surface area (Å²) in [6.07, 6.45) is 3.11. The molecule has 1 saturated heterocycles. The quantitative estimate of drug-likeness (QED) is 0.636. The van der Waals surface area contributed by atoms with Gasteiger partial charge in [-0.05, 0) is 42.7 Å². The normalized spacial score (nSPS) is 14.6. The molecular formula is C24H24FN3O. The van der Waals surface area contributed by atoms with Gasteiger partial charge < -0.3 is 4.90 Å². The maximum Gasteiger partial charge on any atom is 0.231 e. The number of para-hydroxylation sites is 1. The number of rotatable bonds is 5. The lowest BCUT2D eigenvalue weighted by Gasteiger charge is -2.35. The molecule has 2 aromatic carbocycles. The molecule has 0 atom stereocenters. The minimum atomic E-state index is -0.212. The average Bonchev–Trinajstić information content (AvgIpc) is 2.79. The van der Waals surface area contributed by atoms with E-state index >= 15 is 0 Å². The second kappa shape index (κ2) is 8.86. The van der Waals surface area contributed by atoms with Crippen LogP contribution in [0.15, 0.2) is 79.0 Å². The number of carbonyl (C=O) groups is 1. The first-order chi connectivity index (χ1) is 14.2. The van der Waals surface area contributed by atoms with Gasteiger partial charge in [0.1, 0.15) is 11.6 Å². The second-order valence-corrected chi connectivity index (χ2v) is 7.31. The highest BCUT2D eigenvalue weighted by molar-refractivity contribution is 5.94. The Morgan fingerprint density at radius 1 is 0.966 bits per heavy atom. The molecule has 29 heavy (non-hydrogen) atoms. The Labute approximate surface area is 170 Å². The third-order valence-electron chi connectivity index (χ3n) is 5.41. The molecule has 0 N–H and O–H groups in total. The zero-order valence-electron chi connectivity index (χ0n) is 16.2. The maximum atomic E-state index is 14.1. The average molecular weight is 389 g/mol. The summed E-state index contributed by atoms with van der Waals surface area (Å²) in [4.78, 5) is 21.6. The van der Waals surface area contributed by atoms with Crippen molar-refractivity contribution in [2.45, 2.75) is 19.4 Å². The summed E-state index contributed by atoms with van der Waals surface area (Å²) in [5.74, 6) is 0.443. The van der Waals surface area contributed by atoms with Crippen LogP contribution in [0.4, 0.5) is 15.9 Å². The molecule has 1 aromatic heterocycles. The van der Waals surface area contributed by atoms with Crippen LogP contribution in [0, 0.1) is 11.7 Å². The molecule has 3 aromatic rings. The minimum absolute atomic E-state index is 0.0840. The maximum absolute atomic E-state index is 14.1. The highest BCUT2D eigenvalue weighted by Gasteiger charge is 2.30. The molecule has 1 amide bonds. The number of halogens is 1. The molecule has 0 spiro atoms. The lowest BCUT2D eigenvalue weighted by atomic mass is 9.94. The first-order valence-electron chi connectivity index (χ1n) is 9.98. The summed E-state index contributed by atoms with van der Waals surface area (Å²) < 4.78 is 14.1. The van der Waals surface area contributed by atoms with Crippen molar-refractivity contribution in [3.05, 3.63) is 90.4 Å². The lowest BCUT2D eigenvalue weighted by Crippen LogP contribution is -2.43. The Morgan fingerprint density at radius 3 is 2.34 bits per heavy atom. The van der Waals surface area contributed by atoms with E-state index in [-0.39, 0.29) is 17.6 Å². The van der Waals surface area contributed by atoms with Gasteiger partial charge in [-0.25, -0.2) is 9.37 Å². The standard InChI is InChI=1S/C24H24FN3O/c25-21-10-4-5-11-22(21)27-16-13-20(14-17-27)24(29)28(23-12-6-7-15-26-23)18-19-8-2-1-3-9-19/h1-12,15,20H,13-14,16-18H2. The van der Waals surface area contributed by atoms with Crippen LogP contribution in [0.2, 0.25) is 0 Å². The van der Waals surface area contributed by atoms with Gasteiger partial charge in [-0.1, -0.05) is 48.5 Å². The Kier molecular flexibility index (Phi) is 5.84. The van der Waals surface area contributed by atoms with Gasteiger partial charge in [0.05, 0.1) is 12.2 Å². The number of carbonyl (C=O) groups excluding carboxylic acids is 1. The zero-order valence-corrected chi connectivity index (χ0v) is 16.2. The van der Waals surface area contributed by atoms with Gasteiger partial charge in [0.15, 0.2) is 0 Å². The number of hydrogen-bond donors (Lipinski definition) is 0. The Balaban J connectivity index is 1.49. The third-order valence-corrected chi connectivity index (χ3v) is 5.41. The summed E-state index contributed by atoms with van der Waals surface area (Å²) in [6.45, 7) is 1.82. The fraction of sp³-hybridized carbons (Fsp3) is 0.250. The molecule has 0 bridgehead atoms. The number of anilines is 2. The third kappa shape index (κ3) is 4.45. The largest absolute Gasteiger partial charge is 0.369 e. The van der Waals surface area contributed by atoms with Gasteiger partial charge in [-0.3, -0.25) is 9.69 Å². The summed E-state index contributed by atoms with van der Waals surface area (Å²) in [7, 11) is 0. The number of hydrogen-bond acceptors (Lipinski definition) is 3. The van der Waals surface area contributed by atoms with E-state index in [4.69, 9.17) is 0 Å². The Hall–Kier alpha value is -3.21. The second-order valence-electron chi connectivity index (χ2n) is 7.31. The van der Waals surface area contributed by atoms with Crippen molar-refractivity contribution in [1.82, 2.24) is 4.98 Å². The summed E-state index contributed by atoms with van der Waals surface area (Å²) in [5.41, 5.74) is 1.68. The first-order valence-corrected chi connectivity index (χ1v) is 9.98. The molecule has 0 aliphatic carbocycles. The first kappa shape index (κ1) is 19.1. The highest BCUT2D eigenvalue weighted by Crippen LogP contribution is 2.28. The van der Waals surface area contributed by atoms with Gasteiger partial charge >= 0.3 is 0 Å². The van der Waals surface area contributed by atoms with Crippen molar-refractivity contribution in [3.8, 4) is 0 Å². The van der Waals surface area contributed by atoms with E-state index in [1.165, 1.54) is 6.07 Å². The van der Waals surface area contributed by atoms with Crippen molar-refractivity contribution in [2.75, 3.05) is 22.9 Å². The molecule has 0 saturated carbocycles. The van der Waals surface area contributed by atoms with E-state index in [0.29, 0.717) is 44.0 Å². The molecular weight excluding hydrogens is 365 g/mol. The van der Waals surface area contributed by atoms with Gasteiger partial charge in [0, 0.05) is 25.2 Å². The predicted octanol–water partition coefficient (Wildman–Crippen LogP) is 4.67. The Morgan fingerprint density at radius 2 is 1.66 bits per heavy atom. The van der Waals surface area contributed by atoms with Crippen LogP contribution in [0.1, 0.15) is 18.4 Å². The van der Waals surface area contributed by atoms with Gasteiger partial charge in [0.25, 0.3) is 0 Å². The monoisotopic (exact) mass is 389 g/mol. The van der Waals surface area contributed by atoms with E-state index in [9.17, 15) is 9.18 Å². The van der Waals surface area contributed by atoms with E-state index in [1.807, 2.05) is 59.5 Å². The highest BCUT2D eigenvalue weighted by atomic mass is 19.1. The zero-order chi connectivity index (χ0) is 20.1. The van der Waals surface area contributed by atoms with E-state index < -0.39 is 0 Å². The molecule has 0 unspecified atom stereocenters. The SMILES string of the molecule is O=C(C1CCN(c2ccccc2F)CC1)N(Cc1ccccc1)c1ccccn1. The number of pyridine rings is 1. The van der Waals surface area contributed by atoms with Gasteiger partial charge in [-0.2, -0.15) is 0 Å². The molecule has 4 rings (SSSR count). The molecule has 1 aliphatic heterocycles. The van der Waals surface area contributed by atoms with Crippen LogP contribution < -0.4 is 9.80 Å². The van der Waals surface area contributed by atoms with Crippen molar-refractivity contribution in [3.63, 3.8) is 0 Å². The fourth-order valence-corrected chi connectivity index (χ4v) is 3.85. The summed E-state index contributed by atoms with van der Waals surface area (Å²) >= 11 is 0. The summed E-state index contributed by atoms with van der Waals surface area (Å²) in [5, 5.41) is 0. The number of nitrogens with zero attached hydrogens (tertiary/aromatic N) is 3. The molecule has 148 valence electrons. The smallest absolute Gasteiger partial charge is 0.231 e. The minimum Gasteiger partial charge on any atom is -0.369 e. The van der Waals surface area contributed by atoms with Crippen molar-refractivity contribution >= 4 is 17.4 Å². The molecule has 1 fully saturated rings. The molecule has 0 radical (unpaired) electrons. The number of benzene rings is 2. The van der Waals surface area contributed by atoms with Gasteiger partial charge in [0.2, 0.25) is 5.91 Å². The fourth-order valence-electron chi connectivity index (χ4n) is 3.85. The Bertz CT molecular complexity index is 941. The summed E-state index contributed by atoms with van der Waals surface area (Å²) in [6, 6.07) is 22.4. The number of aromatic nitrogens is 1. The van der Waals surface area contributed by atoms with Crippen molar-refractivity contribution in [2.24, 2.45) is 5.92 Å². The topological polar surface area (TPSA) is 36.4 Å². The van der Waals surface area contributed by atoms with E-state index in [0.717, 1.165) is 5.56 Å². The number of amides is 1. The molecule has 2 heterocycles. The van der Waals surface area contributed by atoms with Crippen LogP contribution >= 0.6 is 0 Å². The van der Waals surface area contributed by atoms with Crippen LogP contribution in [-0.4, -0.2) is 24.0 Å². The molecule has 4 nitrogen and oxygen atoms in total. The van der Waals surface area contributed by atoms with E-state index in [1.54, 1.807) is 23.2 Å². The van der Waals surface area contributed by atoms with Crippen molar-refractivity contribution in [1.29, 1.82) is 0 Å². The number of piperidine rings is 1. The van der Waals surface area contributed by atoms with Crippen LogP contribution in [0.5, 0.6) is 0 Å². The van der Waals surface area contributed by atoms with Crippen LogP contribution in [0.25, 0.3) is 0 Å². The lowest BCUT2D eigenvalue weighted by molar-refractivity contribution is -0.123. The van der Waals surface area contributed by atoms with Crippen molar-refractivity contribution < 1.29 is 9.18 Å². The predicted molar refractivity (Wildman–Crippen MR) is 113 cm³/mol. The molecule has 1 aliphatic rings.